The van der Waals surface area contributed by atoms with Crippen LogP contribution in [0.5, 0.6) is 0 Å². The monoisotopic (exact) mass is 377 g/mol. The maximum Gasteiger partial charge on any atom is 0.208 e. The zero-order valence-electron chi connectivity index (χ0n) is 13.6. The second kappa shape index (κ2) is 7.15. The third kappa shape index (κ3) is 3.29. The van der Waals surface area contributed by atoms with Gasteiger partial charge in [0, 0.05) is 30.4 Å². The van der Waals surface area contributed by atoms with Crippen LogP contribution in [0.1, 0.15) is 12.8 Å². The molecule has 0 aliphatic carbocycles. The molecule has 132 valence electrons. The fourth-order valence-electron chi connectivity index (χ4n) is 3.32. The fourth-order valence-corrected chi connectivity index (χ4v) is 4.80. The SMILES string of the molecule is Cl.O=S(=O)(c1ccccc1)c1cn(C[C@H]2CCCN2)c2ncccc12. The highest BCUT2D eigenvalue weighted by atomic mass is 35.5. The molecule has 25 heavy (non-hydrogen) atoms. The Balaban J connectivity index is 0.00000182. The van der Waals surface area contributed by atoms with Gasteiger partial charge in [-0.1, -0.05) is 18.2 Å². The van der Waals surface area contributed by atoms with E-state index in [0.29, 0.717) is 21.2 Å². The van der Waals surface area contributed by atoms with Crippen LogP contribution in [0.4, 0.5) is 0 Å². The topological polar surface area (TPSA) is 64.0 Å². The summed E-state index contributed by atoms with van der Waals surface area (Å²) in [6, 6.07) is 12.5. The molecule has 3 aromatic rings. The van der Waals surface area contributed by atoms with Crippen LogP contribution in [0.2, 0.25) is 0 Å². The van der Waals surface area contributed by atoms with Gasteiger partial charge in [-0.2, -0.15) is 0 Å². The maximum absolute atomic E-state index is 13.0. The molecule has 5 nitrogen and oxygen atoms in total. The van der Waals surface area contributed by atoms with E-state index in [1.807, 2.05) is 16.7 Å². The third-order valence-corrected chi connectivity index (χ3v) is 6.32. The van der Waals surface area contributed by atoms with Crippen LogP contribution in [0, 0.1) is 0 Å². The average Bonchev–Trinajstić information content (AvgIpc) is 3.25. The Morgan fingerprint density at radius 3 is 2.68 bits per heavy atom. The summed E-state index contributed by atoms with van der Waals surface area (Å²) >= 11 is 0. The van der Waals surface area contributed by atoms with Crippen molar-refractivity contribution >= 4 is 33.3 Å². The largest absolute Gasteiger partial charge is 0.330 e. The predicted octanol–water partition coefficient (Wildman–Crippen LogP) is 3.04. The molecule has 1 aliphatic heterocycles. The van der Waals surface area contributed by atoms with Gasteiger partial charge in [0.1, 0.15) is 5.65 Å². The normalized spacial score (nSPS) is 17.5. The molecule has 0 spiro atoms. The first-order valence-electron chi connectivity index (χ1n) is 8.13. The van der Waals surface area contributed by atoms with Crippen LogP contribution < -0.4 is 5.32 Å². The van der Waals surface area contributed by atoms with E-state index in [0.717, 1.165) is 31.6 Å². The summed E-state index contributed by atoms with van der Waals surface area (Å²) in [5, 5.41) is 4.13. The minimum atomic E-state index is -3.56. The van der Waals surface area contributed by atoms with E-state index in [9.17, 15) is 8.42 Å². The number of nitrogens with one attached hydrogen (secondary N) is 1. The average molecular weight is 378 g/mol. The van der Waals surface area contributed by atoms with Gasteiger partial charge in [0.05, 0.1) is 9.79 Å². The van der Waals surface area contributed by atoms with Crippen LogP contribution in [0.3, 0.4) is 0 Å². The van der Waals surface area contributed by atoms with Crippen molar-refractivity contribution in [3.63, 3.8) is 0 Å². The summed E-state index contributed by atoms with van der Waals surface area (Å²) in [6.07, 6.45) is 5.71. The molecule has 4 rings (SSSR count). The number of pyridine rings is 1. The van der Waals surface area contributed by atoms with E-state index >= 15 is 0 Å². The number of benzene rings is 1. The molecular formula is C18H20ClN3O2S. The van der Waals surface area contributed by atoms with E-state index in [2.05, 4.69) is 10.3 Å². The number of rotatable bonds is 4. The second-order valence-electron chi connectivity index (χ2n) is 6.13. The van der Waals surface area contributed by atoms with Crippen LogP contribution in [-0.4, -0.2) is 30.6 Å². The highest BCUT2D eigenvalue weighted by molar-refractivity contribution is 7.91. The maximum atomic E-state index is 13.0. The Hall–Kier alpha value is -1.89. The van der Waals surface area contributed by atoms with Crippen LogP contribution in [-0.2, 0) is 16.4 Å². The van der Waals surface area contributed by atoms with E-state index in [1.54, 1.807) is 42.7 Å². The molecule has 3 heterocycles. The van der Waals surface area contributed by atoms with Gasteiger partial charge in [0.25, 0.3) is 0 Å². The van der Waals surface area contributed by atoms with Crippen molar-refractivity contribution in [2.75, 3.05) is 6.54 Å². The van der Waals surface area contributed by atoms with E-state index in [-0.39, 0.29) is 12.4 Å². The van der Waals surface area contributed by atoms with Crippen molar-refractivity contribution < 1.29 is 8.42 Å². The van der Waals surface area contributed by atoms with Gasteiger partial charge in [0.2, 0.25) is 9.84 Å². The van der Waals surface area contributed by atoms with Crippen molar-refractivity contribution in [1.82, 2.24) is 14.9 Å². The molecule has 1 fully saturated rings. The molecule has 0 saturated carbocycles. The summed E-state index contributed by atoms with van der Waals surface area (Å²) in [7, 11) is -3.56. The number of hydrogen-bond donors (Lipinski definition) is 1. The highest BCUT2D eigenvalue weighted by Crippen LogP contribution is 2.29. The van der Waals surface area contributed by atoms with Crippen LogP contribution >= 0.6 is 12.4 Å². The molecule has 1 saturated heterocycles. The summed E-state index contributed by atoms with van der Waals surface area (Å²) < 4.78 is 28.0. The smallest absolute Gasteiger partial charge is 0.208 e. The molecular weight excluding hydrogens is 358 g/mol. The Labute approximate surface area is 153 Å². The highest BCUT2D eigenvalue weighted by Gasteiger charge is 2.25. The van der Waals surface area contributed by atoms with Gasteiger partial charge in [-0.3, -0.25) is 0 Å². The van der Waals surface area contributed by atoms with Gasteiger partial charge in [0.15, 0.2) is 0 Å². The number of aromatic nitrogens is 2. The molecule has 1 atom stereocenters. The standard InChI is InChI=1S/C18H19N3O2S.ClH/c22-24(23,15-7-2-1-3-8-15)17-13-21(12-14-6-4-10-19-14)18-16(17)9-5-11-20-18;/h1-3,5,7-9,11,13-14,19H,4,6,10,12H2;1H/t14-;/m1./s1. The molecule has 7 heteroatoms. The Bertz CT molecular complexity index is 964. The van der Waals surface area contributed by atoms with Gasteiger partial charge in [-0.05, 0) is 43.7 Å². The quantitative estimate of drug-likeness (QED) is 0.759. The molecule has 1 N–H and O–H groups in total. The zero-order valence-corrected chi connectivity index (χ0v) is 15.3. The molecule has 1 aromatic carbocycles. The lowest BCUT2D eigenvalue weighted by Crippen LogP contribution is -2.26. The van der Waals surface area contributed by atoms with Gasteiger partial charge >= 0.3 is 0 Å². The number of nitrogens with zero attached hydrogens (tertiary/aromatic N) is 2. The van der Waals surface area contributed by atoms with E-state index in [1.165, 1.54) is 0 Å². The van der Waals surface area contributed by atoms with E-state index in [4.69, 9.17) is 0 Å². The molecule has 0 unspecified atom stereocenters. The zero-order chi connectivity index (χ0) is 16.6. The Morgan fingerprint density at radius 1 is 1.16 bits per heavy atom. The molecule has 0 bridgehead atoms. The molecule has 2 aromatic heterocycles. The van der Waals surface area contributed by atoms with Crippen molar-refractivity contribution in [2.45, 2.75) is 35.2 Å². The fraction of sp³-hybridized carbons (Fsp3) is 0.278. The molecule has 0 amide bonds. The van der Waals surface area contributed by atoms with Gasteiger partial charge in [-0.15, -0.1) is 12.4 Å². The first-order chi connectivity index (χ1) is 11.7. The first-order valence-corrected chi connectivity index (χ1v) is 9.62. The number of fused-ring (bicyclic) bond motifs is 1. The van der Waals surface area contributed by atoms with Crippen molar-refractivity contribution in [2.24, 2.45) is 0 Å². The van der Waals surface area contributed by atoms with Gasteiger partial charge < -0.3 is 9.88 Å². The van der Waals surface area contributed by atoms with Crippen molar-refractivity contribution in [1.29, 1.82) is 0 Å². The summed E-state index contributed by atoms with van der Waals surface area (Å²) in [5.74, 6) is 0. The minimum Gasteiger partial charge on any atom is -0.330 e. The lowest BCUT2D eigenvalue weighted by Gasteiger charge is -2.11. The molecule has 0 radical (unpaired) electrons. The number of halogens is 1. The van der Waals surface area contributed by atoms with E-state index < -0.39 is 9.84 Å². The Kier molecular flexibility index (Phi) is 5.13. The minimum absolute atomic E-state index is 0. The second-order valence-corrected chi connectivity index (χ2v) is 8.05. The number of sulfone groups is 1. The van der Waals surface area contributed by atoms with Gasteiger partial charge in [-0.25, -0.2) is 13.4 Å². The van der Waals surface area contributed by atoms with Crippen molar-refractivity contribution in [3.05, 3.63) is 54.9 Å². The third-order valence-electron chi connectivity index (χ3n) is 4.52. The first kappa shape index (κ1) is 17.9. The lowest BCUT2D eigenvalue weighted by atomic mass is 10.2. The molecule has 1 aliphatic rings. The summed E-state index contributed by atoms with van der Waals surface area (Å²) in [4.78, 5) is 5.06. The summed E-state index contributed by atoms with van der Waals surface area (Å²) in [6.45, 7) is 1.75. The summed E-state index contributed by atoms with van der Waals surface area (Å²) in [5.41, 5.74) is 0.723. The Morgan fingerprint density at radius 2 is 1.96 bits per heavy atom. The predicted molar refractivity (Wildman–Crippen MR) is 99.9 cm³/mol. The van der Waals surface area contributed by atoms with Crippen LogP contribution in [0.25, 0.3) is 11.0 Å². The lowest BCUT2D eigenvalue weighted by molar-refractivity contribution is 0.515. The van der Waals surface area contributed by atoms with Crippen molar-refractivity contribution in [3.8, 4) is 0 Å². The number of hydrogen-bond acceptors (Lipinski definition) is 4. The van der Waals surface area contributed by atoms with Crippen LogP contribution in [0.15, 0.2) is 64.6 Å².